The minimum Gasteiger partial charge on any atom is -0.489 e. The average molecular weight is 568 g/mol. The van der Waals surface area contributed by atoms with E-state index in [4.69, 9.17) is 4.74 Å². The number of hydrogen-bond acceptors (Lipinski definition) is 9. The molecule has 0 atom stereocenters. The van der Waals surface area contributed by atoms with E-state index >= 15 is 0 Å². The molecule has 40 heavy (non-hydrogen) atoms. The van der Waals surface area contributed by atoms with E-state index in [0.717, 1.165) is 54.6 Å². The van der Waals surface area contributed by atoms with Gasteiger partial charge in [0.05, 0.1) is 16.5 Å². The van der Waals surface area contributed by atoms with Gasteiger partial charge in [-0.15, -0.1) is 0 Å². The van der Waals surface area contributed by atoms with Crippen LogP contribution in [0.5, 0.6) is 5.75 Å². The normalized spacial score (nSPS) is 14.8. The van der Waals surface area contributed by atoms with Crippen LogP contribution >= 0.6 is 0 Å². The number of aromatic nitrogens is 2. The van der Waals surface area contributed by atoms with Crippen molar-refractivity contribution in [2.45, 2.75) is 52.4 Å². The van der Waals surface area contributed by atoms with E-state index in [9.17, 15) is 8.42 Å². The van der Waals surface area contributed by atoms with Crippen molar-refractivity contribution in [2.24, 2.45) is 0 Å². The lowest BCUT2D eigenvalue weighted by molar-refractivity contribution is 0.241. The van der Waals surface area contributed by atoms with Gasteiger partial charge in [0.2, 0.25) is 16.0 Å². The van der Waals surface area contributed by atoms with Crippen molar-refractivity contribution in [2.75, 3.05) is 53.5 Å². The highest BCUT2D eigenvalue weighted by Crippen LogP contribution is 2.34. The van der Waals surface area contributed by atoms with E-state index < -0.39 is 14.8 Å². The molecule has 0 bridgehead atoms. The van der Waals surface area contributed by atoms with Crippen LogP contribution in [0.15, 0.2) is 48.7 Å². The van der Waals surface area contributed by atoms with Gasteiger partial charge < -0.3 is 25.2 Å². The first-order valence-electron chi connectivity index (χ1n) is 13.5. The van der Waals surface area contributed by atoms with Crippen LogP contribution in [-0.2, 0) is 10.0 Å². The van der Waals surface area contributed by atoms with Crippen molar-refractivity contribution in [3.05, 3.63) is 54.2 Å². The van der Waals surface area contributed by atoms with Gasteiger partial charge in [-0.1, -0.05) is 0 Å². The first-order chi connectivity index (χ1) is 18.8. The minimum atomic E-state index is -3.50. The zero-order valence-corrected chi connectivity index (χ0v) is 25.3. The molecule has 0 amide bonds. The van der Waals surface area contributed by atoms with Crippen LogP contribution in [0.1, 0.15) is 40.2 Å². The number of aryl methyl sites for hydroxylation is 1. The Kier molecular flexibility index (Phi) is 8.74. The molecule has 0 spiro atoms. The van der Waals surface area contributed by atoms with Crippen molar-refractivity contribution in [3.63, 3.8) is 0 Å². The number of anilines is 6. The van der Waals surface area contributed by atoms with Gasteiger partial charge in [0, 0.05) is 61.1 Å². The van der Waals surface area contributed by atoms with Gasteiger partial charge in [0.25, 0.3) is 0 Å². The fourth-order valence-electron chi connectivity index (χ4n) is 4.07. The van der Waals surface area contributed by atoms with Crippen LogP contribution in [0.2, 0.25) is 0 Å². The lowest BCUT2D eigenvalue weighted by Crippen LogP contribution is -2.44. The molecule has 2 heterocycles. The molecule has 0 unspecified atom stereocenters. The monoisotopic (exact) mass is 567 g/mol. The zero-order valence-electron chi connectivity index (χ0n) is 24.4. The number of hydrogen-bond donors (Lipinski definition) is 3. The predicted molar refractivity (Wildman–Crippen MR) is 164 cm³/mol. The summed E-state index contributed by atoms with van der Waals surface area (Å²) in [7, 11) is -1.35. The molecule has 2 aromatic carbocycles. The molecule has 3 N–H and O–H groups in total. The van der Waals surface area contributed by atoms with Gasteiger partial charge in [0.1, 0.15) is 11.6 Å². The quantitative estimate of drug-likeness (QED) is 0.315. The second-order valence-corrected chi connectivity index (χ2v) is 13.8. The maximum Gasteiger partial charge on any atom is 0.237 e. The standard InChI is InChI=1S/C29H41N7O3S/c1-20(2)39-26-18-24(12-13-25(26)36-16-14-35(7)15-17-36)32-28-30-19-21(3)27(33-28)31-22-8-10-23(11-9-22)34-40(37,38)29(4,5)6/h8-13,18-20,34H,14-17H2,1-7H3,(H2,30,31,32,33). The molecule has 3 aromatic rings. The highest BCUT2D eigenvalue weighted by molar-refractivity contribution is 7.94. The molecule has 4 rings (SSSR count). The van der Waals surface area contributed by atoms with Crippen LogP contribution in [0.3, 0.4) is 0 Å². The Bertz CT molecular complexity index is 1410. The molecule has 11 heteroatoms. The first kappa shape index (κ1) is 29.4. The number of piperazine rings is 1. The zero-order chi connectivity index (χ0) is 29.1. The Labute approximate surface area is 238 Å². The van der Waals surface area contributed by atoms with Gasteiger partial charge in [-0.3, -0.25) is 4.72 Å². The van der Waals surface area contributed by atoms with Crippen molar-refractivity contribution in [1.82, 2.24) is 14.9 Å². The topological polar surface area (TPSA) is 112 Å². The van der Waals surface area contributed by atoms with Crippen LogP contribution in [0, 0.1) is 6.92 Å². The summed E-state index contributed by atoms with van der Waals surface area (Å²) in [6, 6.07) is 13.2. The molecular weight excluding hydrogens is 526 g/mol. The van der Waals surface area contributed by atoms with Crippen LogP contribution in [-0.4, -0.2) is 67.4 Å². The number of benzene rings is 2. The fourth-order valence-corrected chi connectivity index (χ4v) is 4.83. The SMILES string of the molecule is Cc1cnc(Nc2ccc(N3CCN(C)CC3)c(OC(C)C)c2)nc1Nc1ccc(NS(=O)(=O)C(C)(C)C)cc1. The third-order valence-corrected chi connectivity index (χ3v) is 8.72. The Balaban J connectivity index is 1.49. The van der Waals surface area contributed by atoms with E-state index in [1.54, 1.807) is 39.1 Å². The molecule has 1 fully saturated rings. The molecule has 0 radical (unpaired) electrons. The summed E-state index contributed by atoms with van der Waals surface area (Å²) in [6.07, 6.45) is 1.80. The van der Waals surface area contributed by atoms with Crippen molar-refractivity contribution < 1.29 is 13.2 Å². The molecule has 1 aliphatic rings. The average Bonchev–Trinajstić information content (AvgIpc) is 2.87. The second kappa shape index (κ2) is 11.9. The molecule has 10 nitrogen and oxygen atoms in total. The van der Waals surface area contributed by atoms with Crippen molar-refractivity contribution in [3.8, 4) is 5.75 Å². The van der Waals surface area contributed by atoms with E-state index in [2.05, 4.69) is 48.2 Å². The molecule has 0 saturated carbocycles. The number of nitrogens with one attached hydrogen (secondary N) is 3. The molecule has 1 saturated heterocycles. The predicted octanol–water partition coefficient (Wildman–Crippen LogP) is 5.35. The number of ether oxygens (including phenoxy) is 1. The Morgan fingerprint density at radius 3 is 2.17 bits per heavy atom. The van der Waals surface area contributed by atoms with Crippen LogP contribution in [0.25, 0.3) is 0 Å². The number of likely N-dealkylation sites (N-methyl/N-ethyl adjacent to an activating group) is 1. The fraction of sp³-hybridized carbons (Fsp3) is 0.448. The maximum absolute atomic E-state index is 12.5. The van der Waals surface area contributed by atoms with E-state index in [-0.39, 0.29) is 6.10 Å². The van der Waals surface area contributed by atoms with Crippen molar-refractivity contribution >= 4 is 44.5 Å². The Morgan fingerprint density at radius 1 is 0.925 bits per heavy atom. The maximum atomic E-state index is 12.5. The van der Waals surface area contributed by atoms with Crippen LogP contribution < -0.4 is 25.0 Å². The van der Waals surface area contributed by atoms with Crippen molar-refractivity contribution in [1.29, 1.82) is 0 Å². The lowest BCUT2D eigenvalue weighted by Gasteiger charge is -2.35. The number of nitrogens with zero attached hydrogens (tertiary/aromatic N) is 4. The summed E-state index contributed by atoms with van der Waals surface area (Å²) in [6.45, 7) is 14.9. The third-order valence-electron chi connectivity index (χ3n) is 6.60. The van der Waals surface area contributed by atoms with Gasteiger partial charge in [-0.25, -0.2) is 13.4 Å². The summed E-state index contributed by atoms with van der Waals surface area (Å²) in [5, 5.41) is 6.62. The molecule has 1 aromatic heterocycles. The summed E-state index contributed by atoms with van der Waals surface area (Å²) >= 11 is 0. The highest BCUT2D eigenvalue weighted by atomic mass is 32.2. The number of rotatable bonds is 9. The van der Waals surface area contributed by atoms with Gasteiger partial charge >= 0.3 is 0 Å². The molecule has 0 aliphatic carbocycles. The van der Waals surface area contributed by atoms with Gasteiger partial charge in [-0.2, -0.15) is 4.98 Å². The largest absolute Gasteiger partial charge is 0.489 e. The highest BCUT2D eigenvalue weighted by Gasteiger charge is 2.28. The molecular formula is C29H41N7O3S. The first-order valence-corrected chi connectivity index (χ1v) is 15.0. The second-order valence-electron chi connectivity index (χ2n) is 11.4. The number of sulfonamides is 1. The van der Waals surface area contributed by atoms with E-state index in [1.807, 2.05) is 45.0 Å². The van der Waals surface area contributed by atoms with E-state index in [0.29, 0.717) is 17.5 Å². The van der Waals surface area contributed by atoms with E-state index in [1.165, 1.54) is 0 Å². The lowest BCUT2D eigenvalue weighted by atomic mass is 10.2. The van der Waals surface area contributed by atoms with Gasteiger partial charge in [0.15, 0.2) is 0 Å². The summed E-state index contributed by atoms with van der Waals surface area (Å²) < 4.78 is 32.8. The smallest absolute Gasteiger partial charge is 0.237 e. The Morgan fingerprint density at radius 2 is 1.55 bits per heavy atom. The Hall–Kier alpha value is -3.57. The summed E-state index contributed by atoms with van der Waals surface area (Å²) in [5.74, 6) is 1.93. The summed E-state index contributed by atoms with van der Waals surface area (Å²) in [5.41, 5.74) is 4.07. The minimum absolute atomic E-state index is 0.0445. The third kappa shape index (κ3) is 7.33. The summed E-state index contributed by atoms with van der Waals surface area (Å²) in [4.78, 5) is 13.9. The van der Waals surface area contributed by atoms with Gasteiger partial charge in [-0.05, 0) is 85.0 Å². The van der Waals surface area contributed by atoms with Crippen LogP contribution in [0.4, 0.5) is 34.5 Å². The molecule has 1 aliphatic heterocycles. The molecule has 216 valence electrons.